The van der Waals surface area contributed by atoms with Crippen molar-refractivity contribution < 1.29 is 23.9 Å². The molecule has 0 unspecified atom stereocenters. The van der Waals surface area contributed by atoms with Crippen LogP contribution in [0.5, 0.6) is 0 Å². The van der Waals surface area contributed by atoms with Gasteiger partial charge in [-0.25, -0.2) is 14.4 Å². The molecule has 340 valence electrons. The van der Waals surface area contributed by atoms with Crippen LogP contribution in [0.2, 0.25) is 0 Å². The zero-order valence-electron chi connectivity index (χ0n) is 37.7. The monoisotopic (exact) mass is 885 g/mol. The van der Waals surface area contributed by atoms with Gasteiger partial charge in [-0.3, -0.25) is 24.4 Å². The number of rotatable bonds is 13. The molecular weight excluding hydrogens is 827 g/mol. The Balaban J connectivity index is 0.000000196. The van der Waals surface area contributed by atoms with E-state index in [0.717, 1.165) is 61.8 Å². The Labute approximate surface area is 388 Å². The molecule has 0 spiro atoms. The van der Waals surface area contributed by atoms with E-state index in [4.69, 9.17) is 10.5 Å². The molecule has 12 nitrogen and oxygen atoms in total. The lowest BCUT2D eigenvalue weighted by Crippen LogP contribution is -2.52. The van der Waals surface area contributed by atoms with Crippen LogP contribution in [-0.2, 0) is 30.9 Å². The van der Waals surface area contributed by atoms with Crippen LogP contribution in [0.1, 0.15) is 43.0 Å². The van der Waals surface area contributed by atoms with Crippen LogP contribution in [0, 0.1) is 0 Å². The first-order valence-electron chi connectivity index (χ1n) is 22.5. The number of ether oxygens (including phenoxy) is 1. The molecule has 0 bridgehead atoms. The van der Waals surface area contributed by atoms with E-state index in [1.165, 1.54) is 18.2 Å². The number of anilines is 2. The molecule has 2 aliphatic rings. The number of esters is 1. The predicted molar refractivity (Wildman–Crippen MR) is 260 cm³/mol. The molecule has 0 atom stereocenters. The van der Waals surface area contributed by atoms with Crippen LogP contribution in [0.15, 0.2) is 170 Å². The predicted octanol–water partition coefficient (Wildman–Crippen LogP) is 8.19. The quantitative estimate of drug-likeness (QED) is 0.0911. The molecule has 0 aliphatic carbocycles. The first kappa shape index (κ1) is 46.9. The number of methoxy groups -OCH3 is 1. The molecule has 2 N–H and O–H groups in total. The summed E-state index contributed by atoms with van der Waals surface area (Å²) in [4.78, 5) is 62.9. The number of benzene rings is 6. The van der Waals surface area contributed by atoms with Gasteiger partial charge >= 0.3 is 18.0 Å². The largest absolute Gasteiger partial charge is 0.465 e. The number of amides is 4. The van der Waals surface area contributed by atoms with Crippen LogP contribution in [-0.4, -0.2) is 109 Å². The number of Topliss-reactive ketones (excluding diaryl/α,β-unsaturated/α-hetero) is 1. The minimum Gasteiger partial charge on any atom is -0.465 e. The highest BCUT2D eigenvalue weighted by atomic mass is 16.5. The van der Waals surface area contributed by atoms with Crippen molar-refractivity contribution in [2.75, 3.05) is 75.8 Å². The fourth-order valence-electron chi connectivity index (χ4n) is 8.12. The Morgan fingerprint density at radius 1 is 0.455 bits per heavy atom. The van der Waals surface area contributed by atoms with Gasteiger partial charge in [0, 0.05) is 82.4 Å². The Kier molecular flexibility index (Phi) is 16.8. The van der Waals surface area contributed by atoms with E-state index in [2.05, 4.69) is 58.3 Å². The van der Waals surface area contributed by atoms with Crippen LogP contribution in [0.3, 0.4) is 0 Å². The number of para-hydroxylation sites is 2. The first-order valence-corrected chi connectivity index (χ1v) is 22.5. The minimum atomic E-state index is -0.370. The molecule has 0 radical (unpaired) electrons. The van der Waals surface area contributed by atoms with E-state index >= 15 is 0 Å². The second kappa shape index (κ2) is 23.7. The lowest BCUT2D eigenvalue weighted by Gasteiger charge is -2.37. The Morgan fingerprint density at radius 3 is 1.15 bits per heavy atom. The number of nitrogens with zero attached hydrogens (tertiary/aromatic N) is 6. The summed E-state index contributed by atoms with van der Waals surface area (Å²) in [5.74, 6) is -0.461. The van der Waals surface area contributed by atoms with Gasteiger partial charge in [-0.1, -0.05) is 133 Å². The van der Waals surface area contributed by atoms with Crippen molar-refractivity contribution >= 4 is 35.2 Å². The minimum absolute atomic E-state index is 0.00222. The zero-order valence-corrected chi connectivity index (χ0v) is 37.7. The fraction of sp³-hybridized carbons (Fsp3) is 0.259. The summed E-state index contributed by atoms with van der Waals surface area (Å²) < 4.78 is 4.78. The molecule has 2 saturated heterocycles. The normalized spacial score (nSPS) is 14.1. The molecule has 8 rings (SSSR count). The van der Waals surface area contributed by atoms with Gasteiger partial charge in [0.25, 0.3) is 0 Å². The molecular formula is C54H59N7O5. The maximum atomic E-state index is 13.6. The summed E-state index contributed by atoms with van der Waals surface area (Å²) >= 11 is 0. The van der Waals surface area contributed by atoms with Crippen molar-refractivity contribution in [2.24, 2.45) is 5.73 Å². The topological polar surface area (TPSA) is 123 Å². The summed E-state index contributed by atoms with van der Waals surface area (Å²) in [6.07, 6.45) is 0. The lowest BCUT2D eigenvalue weighted by atomic mass is 10.1. The zero-order chi connectivity index (χ0) is 46.1. The average Bonchev–Trinajstić information content (AvgIpc) is 3.38. The average molecular weight is 886 g/mol. The van der Waals surface area contributed by atoms with Crippen LogP contribution in [0.4, 0.5) is 21.0 Å². The van der Waals surface area contributed by atoms with E-state index in [1.807, 2.05) is 112 Å². The number of ketones is 1. The van der Waals surface area contributed by atoms with Crippen molar-refractivity contribution in [1.29, 1.82) is 0 Å². The summed E-state index contributed by atoms with van der Waals surface area (Å²) in [5, 5.41) is 0. The number of piperazine rings is 2. The third kappa shape index (κ3) is 13.0. The second-order valence-electron chi connectivity index (χ2n) is 16.4. The highest BCUT2D eigenvalue weighted by molar-refractivity contribution is 5.97. The number of carbonyl (C=O) groups excluding carboxylic acids is 4. The number of hydrogen-bond acceptors (Lipinski definition) is 8. The van der Waals surface area contributed by atoms with Crippen molar-refractivity contribution in [1.82, 2.24) is 19.6 Å². The van der Waals surface area contributed by atoms with Gasteiger partial charge in [-0.2, -0.15) is 0 Å². The van der Waals surface area contributed by atoms with Gasteiger partial charge in [0.2, 0.25) is 0 Å². The van der Waals surface area contributed by atoms with Crippen LogP contribution >= 0.6 is 0 Å². The van der Waals surface area contributed by atoms with Crippen molar-refractivity contribution in [2.45, 2.75) is 26.2 Å². The van der Waals surface area contributed by atoms with Gasteiger partial charge in [-0.05, 0) is 58.7 Å². The molecule has 2 heterocycles. The molecule has 2 aliphatic heterocycles. The molecule has 6 aromatic carbocycles. The summed E-state index contributed by atoms with van der Waals surface area (Å²) in [6, 6.07) is 54.9. The number of carbonyl (C=O) groups is 4. The fourth-order valence-corrected chi connectivity index (χ4v) is 8.12. The third-order valence-corrected chi connectivity index (χ3v) is 11.9. The number of hydrogen-bond donors (Lipinski definition) is 1. The summed E-state index contributed by atoms with van der Waals surface area (Å²) in [6.45, 7) is 8.80. The molecule has 0 aromatic heterocycles. The molecule has 66 heavy (non-hydrogen) atoms. The first-order chi connectivity index (χ1) is 32.3. The molecule has 6 aromatic rings. The Bertz CT molecular complexity index is 2270. The van der Waals surface area contributed by atoms with Crippen molar-refractivity contribution in [3.05, 3.63) is 203 Å². The number of nitrogens with two attached hydrogens (primary N) is 1. The molecule has 0 saturated carbocycles. The van der Waals surface area contributed by atoms with Gasteiger partial charge in [-0.15, -0.1) is 0 Å². The third-order valence-electron chi connectivity index (χ3n) is 11.9. The summed E-state index contributed by atoms with van der Waals surface area (Å²) in [7, 11) is 1.37. The van der Waals surface area contributed by atoms with Gasteiger partial charge < -0.3 is 20.3 Å². The maximum Gasteiger partial charge on any atom is 0.337 e. The van der Waals surface area contributed by atoms with Gasteiger partial charge in [0.15, 0.2) is 5.78 Å². The maximum absolute atomic E-state index is 13.6. The SMILES string of the molecule is COC(=O)c1ccc(CN(C(=O)N2CCN(Cc3ccccc3)CC2)c2ccccc2)cc1.NCC(=O)c1ccc(CN(C(=O)N2CCN(Cc3ccccc3)CC2)c2ccccc2)cc1. The molecule has 2 fully saturated rings. The van der Waals surface area contributed by atoms with Crippen LogP contribution in [0.25, 0.3) is 0 Å². The standard InChI is InChI=1S/C27H30N4O2.C27H29N3O3/c28-19-26(32)24-13-11-23(12-14-24)21-31(25-9-5-2-6-10-25)27(33)30-17-15-29(16-18-30)20-22-7-3-1-4-8-22;1-33-26(31)24-14-12-23(13-15-24)21-30(25-10-6-3-7-11-25)27(32)29-18-16-28(17-19-29)20-22-8-4-2-5-9-22/h1-14H,15-21,28H2;2-15H,16-21H2,1H3. The lowest BCUT2D eigenvalue weighted by molar-refractivity contribution is 0.0600. The van der Waals surface area contributed by atoms with Gasteiger partial charge in [0.1, 0.15) is 0 Å². The smallest absolute Gasteiger partial charge is 0.337 e. The Morgan fingerprint density at radius 2 is 0.803 bits per heavy atom. The number of urea groups is 2. The molecule has 12 heteroatoms. The van der Waals surface area contributed by atoms with Crippen molar-refractivity contribution in [3.8, 4) is 0 Å². The molecule has 4 amide bonds. The summed E-state index contributed by atoms with van der Waals surface area (Å²) in [5.41, 5.74) is 12.7. The van der Waals surface area contributed by atoms with E-state index in [9.17, 15) is 19.2 Å². The van der Waals surface area contributed by atoms with E-state index < -0.39 is 0 Å². The van der Waals surface area contributed by atoms with Crippen molar-refractivity contribution in [3.63, 3.8) is 0 Å². The van der Waals surface area contributed by atoms with Crippen LogP contribution < -0.4 is 15.5 Å². The van der Waals surface area contributed by atoms with E-state index in [0.29, 0.717) is 50.4 Å². The highest BCUT2D eigenvalue weighted by Gasteiger charge is 2.28. The van der Waals surface area contributed by atoms with Gasteiger partial charge in [0.05, 0.1) is 32.3 Å². The van der Waals surface area contributed by atoms with E-state index in [1.54, 1.807) is 29.2 Å². The van der Waals surface area contributed by atoms with E-state index in [-0.39, 0.29) is 30.4 Å². The highest BCUT2D eigenvalue weighted by Crippen LogP contribution is 2.23. The Hall–Kier alpha value is -7.12. The second-order valence-corrected chi connectivity index (χ2v) is 16.4.